The van der Waals surface area contributed by atoms with Gasteiger partial charge in [-0.25, -0.2) is 9.67 Å². The van der Waals surface area contributed by atoms with Crippen LogP contribution in [0.25, 0.3) is 27.3 Å². The quantitative estimate of drug-likeness (QED) is 0.520. The van der Waals surface area contributed by atoms with E-state index in [0.29, 0.717) is 0 Å². The maximum Gasteiger partial charge on any atom is 0.164 e. The topological polar surface area (TPSA) is 30.7 Å². The van der Waals surface area contributed by atoms with Crippen molar-refractivity contribution in [3.05, 3.63) is 64.7 Å². The van der Waals surface area contributed by atoms with Crippen LogP contribution < -0.4 is 0 Å². The van der Waals surface area contributed by atoms with Crippen LogP contribution in [0.4, 0.5) is 0 Å². The predicted molar refractivity (Wildman–Crippen MR) is 98.9 cm³/mol. The van der Waals surface area contributed by atoms with Gasteiger partial charge in [0.15, 0.2) is 5.65 Å². The third kappa shape index (κ3) is 1.96. The van der Waals surface area contributed by atoms with E-state index < -0.39 is 0 Å². The van der Waals surface area contributed by atoms with Crippen LogP contribution in [-0.2, 0) is 12.8 Å². The Morgan fingerprint density at radius 2 is 1.83 bits per heavy atom. The second kappa shape index (κ2) is 5.28. The highest BCUT2D eigenvalue weighted by Gasteiger charge is 2.25. The Kier molecular flexibility index (Phi) is 3.06. The minimum atomic E-state index is 0.989. The van der Waals surface area contributed by atoms with E-state index in [2.05, 4.69) is 36.6 Å². The minimum Gasteiger partial charge on any atom is -0.227 e. The van der Waals surface area contributed by atoms with Crippen LogP contribution in [0.1, 0.15) is 23.2 Å². The summed E-state index contributed by atoms with van der Waals surface area (Å²) in [4.78, 5) is 6.36. The molecule has 0 radical (unpaired) electrons. The Bertz CT molecular complexity index is 1030. The third-order valence-corrected chi connectivity index (χ3v) is 5.69. The molecule has 0 amide bonds. The summed E-state index contributed by atoms with van der Waals surface area (Å²) in [5.41, 5.74) is 7.18. The highest BCUT2D eigenvalue weighted by atomic mass is 32.1. The molecule has 0 fully saturated rings. The minimum absolute atomic E-state index is 0.989. The summed E-state index contributed by atoms with van der Waals surface area (Å²) >= 11 is 1.77. The molecule has 3 nitrogen and oxygen atoms in total. The molecule has 0 N–H and O–H groups in total. The molecular weight excluding hydrogens is 314 g/mol. The summed E-state index contributed by atoms with van der Waals surface area (Å²) in [6.45, 7) is 2.10. The van der Waals surface area contributed by atoms with Crippen molar-refractivity contribution in [2.45, 2.75) is 26.2 Å². The van der Waals surface area contributed by atoms with Crippen LogP contribution in [0.15, 0.2) is 47.8 Å². The van der Waals surface area contributed by atoms with Crippen LogP contribution in [0.5, 0.6) is 0 Å². The molecule has 3 heterocycles. The summed E-state index contributed by atoms with van der Waals surface area (Å²) in [5.74, 6) is 0. The van der Waals surface area contributed by atoms with Crippen molar-refractivity contribution in [1.82, 2.24) is 14.8 Å². The molecule has 0 spiro atoms. The van der Waals surface area contributed by atoms with Crippen molar-refractivity contribution >= 4 is 22.4 Å². The summed E-state index contributed by atoms with van der Waals surface area (Å²) < 4.78 is 2.00. The molecular formula is C20H17N3S. The average Bonchev–Trinajstić information content (AvgIpc) is 3.34. The summed E-state index contributed by atoms with van der Waals surface area (Å²) in [6, 6.07) is 14.6. The molecule has 1 aliphatic rings. The molecule has 5 rings (SSSR count). The summed E-state index contributed by atoms with van der Waals surface area (Å²) in [7, 11) is 0. The van der Waals surface area contributed by atoms with Gasteiger partial charge in [-0.05, 0) is 60.9 Å². The van der Waals surface area contributed by atoms with Crippen molar-refractivity contribution in [2.24, 2.45) is 0 Å². The molecule has 1 aliphatic carbocycles. The molecule has 118 valence electrons. The van der Waals surface area contributed by atoms with Gasteiger partial charge >= 0.3 is 0 Å². The fraction of sp³-hybridized carbons (Fsp3) is 0.200. The Morgan fingerprint density at radius 3 is 2.62 bits per heavy atom. The Hall–Kier alpha value is -2.46. The number of para-hydroxylation sites is 1. The van der Waals surface area contributed by atoms with E-state index in [1.165, 1.54) is 27.8 Å². The van der Waals surface area contributed by atoms with Gasteiger partial charge in [0.2, 0.25) is 0 Å². The SMILES string of the molecule is Cc1nn(-c2ccccc2)c2nc(-c3cccs3)c3c(c12)CCC3. The van der Waals surface area contributed by atoms with Crippen molar-refractivity contribution in [3.8, 4) is 16.3 Å². The Balaban J connectivity index is 1.87. The molecule has 0 aliphatic heterocycles. The molecule has 0 bridgehead atoms. The predicted octanol–water partition coefficient (Wildman–Crippen LogP) is 4.95. The zero-order valence-corrected chi connectivity index (χ0v) is 14.3. The van der Waals surface area contributed by atoms with Crippen LogP contribution >= 0.6 is 11.3 Å². The Morgan fingerprint density at radius 1 is 1.00 bits per heavy atom. The van der Waals surface area contributed by atoms with Gasteiger partial charge in [0.05, 0.1) is 22.0 Å². The van der Waals surface area contributed by atoms with Gasteiger partial charge in [-0.3, -0.25) is 0 Å². The van der Waals surface area contributed by atoms with E-state index in [0.717, 1.165) is 35.6 Å². The molecule has 0 saturated heterocycles. The van der Waals surface area contributed by atoms with Crippen molar-refractivity contribution < 1.29 is 0 Å². The number of pyridine rings is 1. The van der Waals surface area contributed by atoms with E-state index in [1.807, 2.05) is 22.9 Å². The number of nitrogens with zero attached hydrogens (tertiary/aromatic N) is 3. The normalized spacial score (nSPS) is 13.5. The van der Waals surface area contributed by atoms with Gasteiger partial charge in [-0.2, -0.15) is 5.10 Å². The maximum atomic E-state index is 5.10. The van der Waals surface area contributed by atoms with Crippen LogP contribution in [-0.4, -0.2) is 14.8 Å². The number of fused-ring (bicyclic) bond motifs is 3. The van der Waals surface area contributed by atoms with E-state index in [1.54, 1.807) is 11.3 Å². The van der Waals surface area contributed by atoms with Crippen molar-refractivity contribution in [3.63, 3.8) is 0 Å². The lowest BCUT2D eigenvalue weighted by molar-refractivity contribution is 0.876. The monoisotopic (exact) mass is 331 g/mol. The van der Waals surface area contributed by atoms with Gasteiger partial charge in [0.1, 0.15) is 0 Å². The number of aryl methyl sites for hydroxylation is 2. The number of hydrogen-bond acceptors (Lipinski definition) is 3. The number of rotatable bonds is 2. The van der Waals surface area contributed by atoms with Gasteiger partial charge in [-0.1, -0.05) is 24.3 Å². The lowest BCUT2D eigenvalue weighted by Crippen LogP contribution is -2.00. The Labute approximate surface area is 144 Å². The van der Waals surface area contributed by atoms with Crippen molar-refractivity contribution in [2.75, 3.05) is 0 Å². The van der Waals surface area contributed by atoms with Crippen LogP contribution in [0.3, 0.4) is 0 Å². The van der Waals surface area contributed by atoms with Gasteiger partial charge in [0, 0.05) is 5.39 Å². The van der Waals surface area contributed by atoms with E-state index in [9.17, 15) is 0 Å². The van der Waals surface area contributed by atoms with E-state index >= 15 is 0 Å². The molecule has 1 aromatic carbocycles. The fourth-order valence-corrected chi connectivity index (χ4v) is 4.53. The van der Waals surface area contributed by atoms with Gasteiger partial charge in [0.25, 0.3) is 0 Å². The third-order valence-electron chi connectivity index (χ3n) is 4.81. The van der Waals surface area contributed by atoms with E-state index in [-0.39, 0.29) is 0 Å². The maximum absolute atomic E-state index is 5.10. The van der Waals surface area contributed by atoms with Crippen LogP contribution in [0, 0.1) is 6.92 Å². The molecule has 3 aromatic heterocycles. The molecule has 24 heavy (non-hydrogen) atoms. The zero-order chi connectivity index (χ0) is 16.1. The smallest absolute Gasteiger partial charge is 0.164 e. The lowest BCUT2D eigenvalue weighted by Gasteiger charge is -2.09. The first-order valence-electron chi connectivity index (χ1n) is 8.33. The summed E-state index contributed by atoms with van der Waals surface area (Å²) in [6.07, 6.45) is 3.47. The zero-order valence-electron chi connectivity index (χ0n) is 13.5. The first kappa shape index (κ1) is 13.9. The number of aromatic nitrogens is 3. The van der Waals surface area contributed by atoms with Gasteiger partial charge in [-0.15, -0.1) is 11.3 Å². The second-order valence-electron chi connectivity index (χ2n) is 6.28. The highest BCUT2D eigenvalue weighted by Crippen LogP contribution is 2.38. The summed E-state index contributed by atoms with van der Waals surface area (Å²) in [5, 5.41) is 8.20. The number of hydrogen-bond donors (Lipinski definition) is 0. The first-order valence-corrected chi connectivity index (χ1v) is 9.21. The first-order chi connectivity index (χ1) is 11.8. The van der Waals surface area contributed by atoms with Crippen molar-refractivity contribution in [1.29, 1.82) is 0 Å². The lowest BCUT2D eigenvalue weighted by atomic mass is 10.0. The number of thiophene rings is 1. The highest BCUT2D eigenvalue weighted by molar-refractivity contribution is 7.13. The fourth-order valence-electron chi connectivity index (χ4n) is 3.79. The molecule has 4 aromatic rings. The van der Waals surface area contributed by atoms with Gasteiger partial charge < -0.3 is 0 Å². The number of benzene rings is 1. The molecule has 0 unspecified atom stereocenters. The average molecular weight is 331 g/mol. The molecule has 0 saturated carbocycles. The standard InChI is InChI=1S/C20H17N3S/c1-13-18-15-9-5-10-16(15)19(17-11-6-12-24-17)21-20(18)23(22-13)14-7-3-2-4-8-14/h2-4,6-8,11-12H,5,9-10H2,1H3. The van der Waals surface area contributed by atoms with Crippen LogP contribution in [0.2, 0.25) is 0 Å². The molecule has 0 atom stereocenters. The molecule has 4 heteroatoms. The second-order valence-corrected chi connectivity index (χ2v) is 7.23. The largest absolute Gasteiger partial charge is 0.227 e. The van der Waals surface area contributed by atoms with E-state index in [4.69, 9.17) is 10.1 Å².